The Morgan fingerprint density at radius 3 is 1.74 bits per heavy atom. The Hall–Kier alpha value is -2.12. The monoisotopic (exact) mass is 432 g/mol. The lowest BCUT2D eigenvalue weighted by Gasteiger charge is -2.11. The third kappa shape index (κ3) is 13.0. The highest BCUT2D eigenvalue weighted by Crippen LogP contribution is 2.09. The first-order valence-electron chi connectivity index (χ1n) is 11.6. The van der Waals surface area contributed by atoms with Crippen LogP contribution in [0.15, 0.2) is 60.7 Å². The van der Waals surface area contributed by atoms with Crippen LogP contribution in [0.25, 0.3) is 0 Å². The summed E-state index contributed by atoms with van der Waals surface area (Å²) in [5, 5.41) is 24.4. The van der Waals surface area contributed by atoms with Crippen molar-refractivity contribution in [3.63, 3.8) is 0 Å². The van der Waals surface area contributed by atoms with Gasteiger partial charge in [0.1, 0.15) is 43.4 Å². The molecule has 0 amide bonds. The molecule has 0 aliphatic rings. The Balaban J connectivity index is 1.32. The number of hydrogen-bond acceptors (Lipinski definition) is 4. The van der Waals surface area contributed by atoms with Gasteiger partial charge < -0.3 is 30.3 Å². The van der Waals surface area contributed by atoms with Crippen molar-refractivity contribution >= 4 is 0 Å². The lowest BCUT2D eigenvalue weighted by atomic mass is 10.2. The van der Waals surface area contributed by atoms with Crippen LogP contribution < -0.4 is 20.1 Å². The molecule has 6 nitrogen and oxygen atoms in total. The number of hydrogen-bond donors (Lipinski definition) is 4. The third-order valence-electron chi connectivity index (χ3n) is 5.09. The molecule has 0 heterocycles. The van der Waals surface area contributed by atoms with E-state index in [1.807, 2.05) is 60.7 Å². The molecule has 6 heteroatoms. The van der Waals surface area contributed by atoms with Crippen LogP contribution in [0.4, 0.5) is 0 Å². The van der Waals surface area contributed by atoms with Crippen LogP contribution in [0, 0.1) is 0 Å². The van der Waals surface area contributed by atoms with Gasteiger partial charge in [0.2, 0.25) is 0 Å². The Labute approximate surface area is 186 Å². The zero-order valence-electron chi connectivity index (χ0n) is 18.6. The molecule has 2 atom stereocenters. The summed E-state index contributed by atoms with van der Waals surface area (Å²) in [5.74, 6) is 1.65. The Kier molecular flexibility index (Phi) is 13.4. The molecular weight excluding hydrogens is 392 g/mol. The first-order valence-corrected chi connectivity index (χ1v) is 11.6. The molecule has 172 valence electrons. The Morgan fingerprint density at radius 1 is 0.645 bits per heavy atom. The minimum atomic E-state index is -0.445. The van der Waals surface area contributed by atoms with Crippen molar-refractivity contribution in [2.75, 3.05) is 39.4 Å². The van der Waals surface area contributed by atoms with Crippen molar-refractivity contribution in [3.8, 4) is 11.5 Å². The van der Waals surface area contributed by atoms with Crippen molar-refractivity contribution < 1.29 is 30.3 Å². The van der Waals surface area contributed by atoms with E-state index in [9.17, 15) is 10.2 Å². The fourth-order valence-corrected chi connectivity index (χ4v) is 3.28. The molecule has 0 fully saturated rings. The number of unbranched alkanes of at least 4 members (excludes halogenated alkanes) is 3. The highest BCUT2D eigenvalue weighted by atomic mass is 16.5. The zero-order chi connectivity index (χ0) is 22.0. The van der Waals surface area contributed by atoms with Crippen molar-refractivity contribution in [2.24, 2.45) is 0 Å². The van der Waals surface area contributed by atoms with Crippen LogP contribution in [0.3, 0.4) is 0 Å². The number of nitrogens with two attached hydrogens (primary N) is 2. The van der Waals surface area contributed by atoms with E-state index in [-0.39, 0.29) is 6.10 Å². The number of para-hydroxylation sites is 2. The molecule has 2 aromatic carbocycles. The number of rotatable bonds is 18. The second-order valence-corrected chi connectivity index (χ2v) is 7.92. The molecule has 6 N–H and O–H groups in total. The summed E-state index contributed by atoms with van der Waals surface area (Å²) >= 11 is 0. The molecule has 0 unspecified atom stereocenters. The maximum absolute atomic E-state index is 10.0. The van der Waals surface area contributed by atoms with Crippen LogP contribution in [0.2, 0.25) is 0 Å². The van der Waals surface area contributed by atoms with Crippen molar-refractivity contribution in [2.45, 2.75) is 44.3 Å². The van der Waals surface area contributed by atoms with Crippen molar-refractivity contribution in [3.05, 3.63) is 60.7 Å². The highest BCUT2D eigenvalue weighted by Gasteiger charge is 2.08. The quantitative estimate of drug-likeness (QED) is 0.264. The van der Waals surface area contributed by atoms with Crippen LogP contribution in [0.5, 0.6) is 11.5 Å². The standard InChI is InChI=1S/C25H38N2O4/c28-22(15-18-30-24-11-5-3-6-12-24)19-26-16-9-1-2-10-17-27-20-23(29)21-31-25-13-7-4-8-14-25/h3-8,11-14,22-23,26-29H,1-2,9-10,15-21H2/p+2/t22-,23-/m0/s1. The van der Waals surface area contributed by atoms with E-state index in [1.165, 1.54) is 19.3 Å². The summed E-state index contributed by atoms with van der Waals surface area (Å²) in [6, 6.07) is 19.3. The number of quaternary nitrogens is 2. The molecule has 0 bridgehead atoms. The first-order chi connectivity index (χ1) is 15.2. The van der Waals surface area contributed by atoms with E-state index < -0.39 is 6.10 Å². The molecule has 0 saturated carbocycles. The van der Waals surface area contributed by atoms with E-state index in [4.69, 9.17) is 9.47 Å². The van der Waals surface area contributed by atoms with E-state index in [1.54, 1.807) is 0 Å². The largest absolute Gasteiger partial charge is 0.493 e. The topological polar surface area (TPSA) is 92.1 Å². The molecular formula is C25H40N2O4+2. The summed E-state index contributed by atoms with van der Waals surface area (Å²) in [4.78, 5) is 0. The van der Waals surface area contributed by atoms with Gasteiger partial charge in [-0.05, 0) is 49.9 Å². The number of aliphatic hydroxyl groups excluding tert-OH is 2. The molecule has 0 saturated heterocycles. The minimum Gasteiger partial charge on any atom is -0.493 e. The average molecular weight is 433 g/mol. The maximum atomic E-state index is 10.0. The fourth-order valence-electron chi connectivity index (χ4n) is 3.28. The fraction of sp³-hybridized carbons (Fsp3) is 0.520. The lowest BCUT2D eigenvalue weighted by molar-refractivity contribution is -0.662. The normalized spacial score (nSPS) is 13.0. The van der Waals surface area contributed by atoms with Crippen LogP contribution >= 0.6 is 0 Å². The number of benzene rings is 2. The van der Waals surface area contributed by atoms with Gasteiger partial charge >= 0.3 is 0 Å². The molecule has 31 heavy (non-hydrogen) atoms. The van der Waals surface area contributed by atoms with Gasteiger partial charge in [-0.1, -0.05) is 36.4 Å². The number of ether oxygens (including phenoxy) is 2. The van der Waals surface area contributed by atoms with E-state index in [0.717, 1.165) is 37.6 Å². The van der Waals surface area contributed by atoms with Gasteiger partial charge in [0.15, 0.2) is 0 Å². The van der Waals surface area contributed by atoms with Gasteiger partial charge in [-0.2, -0.15) is 0 Å². The molecule has 0 spiro atoms. The Morgan fingerprint density at radius 2 is 1.16 bits per heavy atom. The zero-order valence-corrected chi connectivity index (χ0v) is 18.6. The van der Waals surface area contributed by atoms with Gasteiger partial charge in [0.05, 0.1) is 19.7 Å². The summed E-state index contributed by atoms with van der Waals surface area (Å²) in [7, 11) is 0. The van der Waals surface area contributed by atoms with Crippen molar-refractivity contribution in [1.82, 2.24) is 0 Å². The molecule has 0 aromatic heterocycles. The molecule has 2 rings (SSSR count). The molecule has 0 aliphatic carbocycles. The van der Waals surface area contributed by atoms with E-state index in [2.05, 4.69) is 10.6 Å². The van der Waals surface area contributed by atoms with Crippen LogP contribution in [-0.2, 0) is 0 Å². The van der Waals surface area contributed by atoms with Gasteiger partial charge in [0, 0.05) is 6.42 Å². The van der Waals surface area contributed by atoms with Gasteiger partial charge in [-0.3, -0.25) is 0 Å². The van der Waals surface area contributed by atoms with Gasteiger partial charge in [-0.15, -0.1) is 0 Å². The highest BCUT2D eigenvalue weighted by molar-refractivity contribution is 5.21. The summed E-state index contributed by atoms with van der Waals surface area (Å²) in [6.45, 7) is 4.37. The minimum absolute atomic E-state index is 0.324. The summed E-state index contributed by atoms with van der Waals surface area (Å²) < 4.78 is 11.2. The second kappa shape index (κ2) is 16.6. The van der Waals surface area contributed by atoms with E-state index in [0.29, 0.717) is 26.2 Å². The molecule has 0 aliphatic heterocycles. The van der Waals surface area contributed by atoms with Gasteiger partial charge in [-0.25, -0.2) is 0 Å². The summed E-state index contributed by atoms with van der Waals surface area (Å²) in [6.07, 6.45) is 4.62. The van der Waals surface area contributed by atoms with Gasteiger partial charge in [0.25, 0.3) is 0 Å². The lowest BCUT2D eigenvalue weighted by Crippen LogP contribution is -2.86. The van der Waals surface area contributed by atoms with Crippen LogP contribution in [-0.4, -0.2) is 61.8 Å². The Bertz CT molecular complexity index is 657. The maximum Gasteiger partial charge on any atom is 0.137 e. The molecule has 2 aromatic rings. The number of aliphatic hydroxyl groups is 2. The summed E-state index contributed by atoms with van der Waals surface area (Å²) in [5.41, 5.74) is 0. The first kappa shape index (κ1) is 25.1. The predicted molar refractivity (Wildman–Crippen MR) is 122 cm³/mol. The van der Waals surface area contributed by atoms with E-state index >= 15 is 0 Å². The third-order valence-corrected chi connectivity index (χ3v) is 5.09. The smallest absolute Gasteiger partial charge is 0.137 e. The average Bonchev–Trinajstić information content (AvgIpc) is 2.80. The SMILES string of the molecule is O[C@@H](CCOc1ccccc1)C[NH2+]CCCCCC[NH2+]C[C@H](O)COc1ccccc1. The predicted octanol–water partition coefficient (Wildman–Crippen LogP) is 0.944. The van der Waals surface area contributed by atoms with Crippen molar-refractivity contribution in [1.29, 1.82) is 0 Å². The van der Waals surface area contributed by atoms with Crippen LogP contribution in [0.1, 0.15) is 32.1 Å². The molecule has 0 radical (unpaired) electrons. The second-order valence-electron chi connectivity index (χ2n) is 7.92.